The zero-order chi connectivity index (χ0) is 15.4. The van der Waals surface area contributed by atoms with Crippen LogP contribution in [-0.2, 0) is 6.54 Å². The lowest BCUT2D eigenvalue weighted by Gasteiger charge is -2.23. The minimum atomic E-state index is -0.488. The van der Waals surface area contributed by atoms with E-state index < -0.39 is 5.91 Å². The molecule has 0 aliphatic carbocycles. The Kier molecular flexibility index (Phi) is 4.59. The summed E-state index contributed by atoms with van der Waals surface area (Å²) < 4.78 is 19.2. The predicted octanol–water partition coefficient (Wildman–Crippen LogP) is 2.36. The fraction of sp³-hybridized carbons (Fsp3) is 0.267. The molecule has 3 N–H and O–H groups in total. The lowest BCUT2D eigenvalue weighted by molar-refractivity contribution is 0.0924. The third kappa shape index (κ3) is 3.22. The number of carbonyl (C=O) groups excluding carboxylic acids is 1. The fourth-order valence-electron chi connectivity index (χ4n) is 2.14. The Morgan fingerprint density at radius 2 is 2.14 bits per heavy atom. The quantitative estimate of drug-likeness (QED) is 0.504. The van der Waals surface area contributed by atoms with Gasteiger partial charge in [-0.25, -0.2) is 10.2 Å². The minimum absolute atomic E-state index is 0.148. The van der Waals surface area contributed by atoms with Crippen molar-refractivity contribution in [3.8, 4) is 0 Å². The zero-order valence-corrected chi connectivity index (χ0v) is 12.0. The summed E-state index contributed by atoms with van der Waals surface area (Å²) in [5.74, 6) is 5.08. The molecule has 2 aromatic rings. The van der Waals surface area contributed by atoms with E-state index in [1.165, 1.54) is 6.07 Å². The minimum Gasteiger partial charge on any atom is -0.456 e. The highest BCUT2D eigenvalue weighted by atomic mass is 19.1. The van der Waals surface area contributed by atoms with Gasteiger partial charge >= 0.3 is 5.91 Å². The van der Waals surface area contributed by atoms with Crippen molar-refractivity contribution in [1.82, 2.24) is 5.43 Å². The molecular weight excluding hydrogens is 273 g/mol. The first-order chi connectivity index (χ1) is 10.1. The number of hydrazine groups is 1. The third-order valence-electron chi connectivity index (χ3n) is 3.31. The Labute approximate surface area is 122 Å². The molecule has 5 nitrogen and oxygen atoms in total. The van der Waals surface area contributed by atoms with Crippen LogP contribution in [0, 0.1) is 12.7 Å². The molecule has 2 rings (SSSR count). The van der Waals surface area contributed by atoms with E-state index in [0.717, 1.165) is 5.56 Å². The summed E-state index contributed by atoms with van der Waals surface area (Å²) in [6.07, 6.45) is 0. The molecular formula is C15H18FN3O2. The van der Waals surface area contributed by atoms with Crippen LogP contribution in [0.15, 0.2) is 34.7 Å². The second kappa shape index (κ2) is 6.41. The maximum Gasteiger partial charge on any atom is 0.300 e. The van der Waals surface area contributed by atoms with Crippen molar-refractivity contribution in [3.63, 3.8) is 0 Å². The molecule has 6 heteroatoms. The molecule has 0 fully saturated rings. The first-order valence-electron chi connectivity index (χ1n) is 6.66. The van der Waals surface area contributed by atoms with Crippen LogP contribution in [0.1, 0.15) is 28.8 Å². The van der Waals surface area contributed by atoms with Gasteiger partial charge in [-0.3, -0.25) is 10.2 Å². The van der Waals surface area contributed by atoms with Crippen molar-refractivity contribution in [2.24, 2.45) is 5.84 Å². The van der Waals surface area contributed by atoms with Crippen LogP contribution in [0.4, 0.5) is 10.1 Å². The van der Waals surface area contributed by atoms with Gasteiger partial charge in [-0.05, 0) is 32.0 Å². The van der Waals surface area contributed by atoms with Gasteiger partial charge in [-0.2, -0.15) is 0 Å². The molecule has 0 aliphatic rings. The van der Waals surface area contributed by atoms with E-state index >= 15 is 0 Å². The molecule has 112 valence electrons. The molecule has 21 heavy (non-hydrogen) atoms. The van der Waals surface area contributed by atoms with Crippen LogP contribution >= 0.6 is 0 Å². The molecule has 0 aliphatic heterocycles. The lowest BCUT2D eigenvalue weighted by atomic mass is 10.2. The number of anilines is 1. The van der Waals surface area contributed by atoms with E-state index in [2.05, 4.69) is 0 Å². The smallest absolute Gasteiger partial charge is 0.300 e. The highest BCUT2D eigenvalue weighted by Gasteiger charge is 2.17. The molecule has 1 amide bonds. The van der Waals surface area contributed by atoms with Crippen LogP contribution in [0.5, 0.6) is 0 Å². The van der Waals surface area contributed by atoms with Gasteiger partial charge in [0.2, 0.25) is 0 Å². The number of aryl methyl sites for hydroxylation is 1. The highest BCUT2D eigenvalue weighted by Crippen LogP contribution is 2.23. The van der Waals surface area contributed by atoms with Crippen molar-refractivity contribution in [2.45, 2.75) is 20.4 Å². The first-order valence-corrected chi connectivity index (χ1v) is 6.66. The van der Waals surface area contributed by atoms with E-state index in [9.17, 15) is 9.18 Å². The molecule has 0 saturated heterocycles. The van der Waals surface area contributed by atoms with Gasteiger partial charge < -0.3 is 9.32 Å². The number of halogens is 1. The molecule has 1 aromatic heterocycles. The molecule has 1 aromatic carbocycles. The average molecular weight is 291 g/mol. The van der Waals surface area contributed by atoms with Gasteiger partial charge in [0.15, 0.2) is 5.76 Å². The number of amides is 1. The maximum absolute atomic E-state index is 13.9. The number of nitrogen functional groups attached to an aromatic ring is 1. The van der Waals surface area contributed by atoms with Gasteiger partial charge in [-0.1, -0.05) is 12.1 Å². The number of hydrogen-bond acceptors (Lipinski definition) is 4. The molecule has 0 unspecified atom stereocenters. The summed E-state index contributed by atoms with van der Waals surface area (Å²) in [7, 11) is 0. The van der Waals surface area contributed by atoms with E-state index in [-0.39, 0.29) is 11.6 Å². The van der Waals surface area contributed by atoms with Crippen molar-refractivity contribution in [3.05, 3.63) is 53.2 Å². The molecule has 1 heterocycles. The highest BCUT2D eigenvalue weighted by molar-refractivity contribution is 5.91. The Bertz CT molecular complexity index is 640. The van der Waals surface area contributed by atoms with E-state index in [1.54, 1.807) is 31.2 Å². The number of nitrogens with two attached hydrogens (primary N) is 1. The number of benzene rings is 1. The fourth-order valence-corrected chi connectivity index (χ4v) is 2.14. The number of rotatable bonds is 5. The predicted molar refractivity (Wildman–Crippen MR) is 78.2 cm³/mol. The van der Waals surface area contributed by atoms with Crippen molar-refractivity contribution >= 4 is 11.6 Å². The summed E-state index contributed by atoms with van der Waals surface area (Å²) in [5, 5.41) is 0. The Morgan fingerprint density at radius 1 is 1.43 bits per heavy atom. The number of para-hydroxylation sites is 1. The van der Waals surface area contributed by atoms with Crippen LogP contribution in [-0.4, -0.2) is 12.5 Å². The average Bonchev–Trinajstić information content (AvgIpc) is 2.86. The van der Waals surface area contributed by atoms with Crippen molar-refractivity contribution in [1.29, 1.82) is 0 Å². The normalized spacial score (nSPS) is 10.5. The zero-order valence-electron chi connectivity index (χ0n) is 12.0. The van der Waals surface area contributed by atoms with Gasteiger partial charge in [0.05, 0.1) is 5.69 Å². The van der Waals surface area contributed by atoms with Gasteiger partial charge in [-0.15, -0.1) is 0 Å². The standard InChI is InChI=1S/C15H18FN3O2/c1-3-19(13-7-5-4-6-12(13)16)9-11-8-14(15(20)18-17)21-10(11)2/h4-8H,3,9,17H2,1-2H3,(H,18,20). The van der Waals surface area contributed by atoms with Crippen LogP contribution in [0.3, 0.4) is 0 Å². The van der Waals surface area contributed by atoms with E-state index in [0.29, 0.717) is 24.5 Å². The largest absolute Gasteiger partial charge is 0.456 e. The summed E-state index contributed by atoms with van der Waals surface area (Å²) >= 11 is 0. The monoisotopic (exact) mass is 291 g/mol. The molecule has 0 spiro atoms. The second-order valence-corrected chi connectivity index (χ2v) is 4.63. The summed E-state index contributed by atoms with van der Waals surface area (Å²) in [6.45, 7) is 4.78. The van der Waals surface area contributed by atoms with Gasteiger partial charge in [0.1, 0.15) is 11.6 Å². The second-order valence-electron chi connectivity index (χ2n) is 4.63. The van der Waals surface area contributed by atoms with E-state index in [4.69, 9.17) is 10.3 Å². The van der Waals surface area contributed by atoms with E-state index in [1.807, 2.05) is 17.2 Å². The number of hydrogen-bond donors (Lipinski definition) is 2. The Hall–Kier alpha value is -2.34. The number of furan rings is 1. The topological polar surface area (TPSA) is 71.5 Å². The lowest BCUT2D eigenvalue weighted by Crippen LogP contribution is -2.29. The van der Waals surface area contributed by atoms with Crippen LogP contribution in [0.25, 0.3) is 0 Å². The maximum atomic E-state index is 13.9. The summed E-state index contributed by atoms with van der Waals surface area (Å²) in [4.78, 5) is 13.3. The van der Waals surface area contributed by atoms with Crippen molar-refractivity contribution < 1.29 is 13.6 Å². The SMILES string of the molecule is CCN(Cc1cc(C(=O)NN)oc1C)c1ccccc1F. The summed E-state index contributed by atoms with van der Waals surface area (Å²) in [6, 6.07) is 8.21. The van der Waals surface area contributed by atoms with Crippen LogP contribution < -0.4 is 16.2 Å². The molecule has 0 saturated carbocycles. The first kappa shape index (κ1) is 15.1. The number of carbonyl (C=O) groups is 1. The molecule has 0 atom stereocenters. The number of nitrogens with one attached hydrogen (secondary N) is 1. The molecule has 0 bridgehead atoms. The summed E-state index contributed by atoms with van der Waals surface area (Å²) in [5.41, 5.74) is 3.36. The Morgan fingerprint density at radius 3 is 2.76 bits per heavy atom. The van der Waals surface area contributed by atoms with Crippen LogP contribution in [0.2, 0.25) is 0 Å². The molecule has 0 radical (unpaired) electrons. The Balaban J connectivity index is 2.25. The van der Waals surface area contributed by atoms with Crippen molar-refractivity contribution in [2.75, 3.05) is 11.4 Å². The van der Waals surface area contributed by atoms with Gasteiger partial charge in [0, 0.05) is 18.7 Å². The third-order valence-corrected chi connectivity index (χ3v) is 3.31. The van der Waals surface area contributed by atoms with Gasteiger partial charge in [0.25, 0.3) is 0 Å². The number of nitrogens with zero attached hydrogens (tertiary/aromatic N) is 1.